The van der Waals surface area contributed by atoms with E-state index in [0.717, 1.165) is 44.2 Å². The van der Waals surface area contributed by atoms with Crippen molar-refractivity contribution in [2.45, 2.75) is 38.5 Å². The van der Waals surface area contributed by atoms with Gasteiger partial charge in [0.05, 0.1) is 16.6 Å². The van der Waals surface area contributed by atoms with E-state index in [1.807, 2.05) is 0 Å². The maximum Gasteiger partial charge on any atom is 0.0541 e. The molecule has 16 rings (SSSR count). The van der Waals surface area contributed by atoms with E-state index in [0.29, 0.717) is 23.7 Å². The zero-order valence-corrected chi connectivity index (χ0v) is 48.3. The van der Waals surface area contributed by atoms with Crippen LogP contribution in [-0.4, -0.2) is 9.13 Å². The topological polar surface area (TPSA) is 9.86 Å². The second-order valence-electron chi connectivity index (χ2n) is 24.2. The highest BCUT2D eigenvalue weighted by Crippen LogP contribution is 2.45. The van der Waals surface area contributed by atoms with Crippen molar-refractivity contribution in [2.24, 2.45) is 23.7 Å². The molecule has 0 spiro atoms. The molecule has 11 aromatic rings. The maximum absolute atomic E-state index is 2.58. The molecule has 86 heavy (non-hydrogen) atoms. The molecule has 4 atom stereocenters. The van der Waals surface area contributed by atoms with Crippen LogP contribution < -0.4 is 0 Å². The molecule has 0 amide bonds. The second kappa shape index (κ2) is 22.2. The summed E-state index contributed by atoms with van der Waals surface area (Å²) in [5.74, 6) is 1.91. The molecule has 0 radical (unpaired) electrons. The third kappa shape index (κ3) is 9.66. The minimum atomic E-state index is 0.422. The Morgan fingerprint density at radius 2 is 0.895 bits per heavy atom. The third-order valence-corrected chi connectivity index (χ3v) is 19.0. The number of hydrogen-bond acceptors (Lipinski definition) is 0. The Balaban J connectivity index is 0.654. The summed E-state index contributed by atoms with van der Waals surface area (Å²) in [6.07, 6.45) is 40.3. The molecule has 2 heterocycles. The molecular formula is C84H66N2. The molecule has 0 saturated heterocycles. The van der Waals surface area contributed by atoms with Gasteiger partial charge in [0, 0.05) is 33.2 Å². The van der Waals surface area contributed by atoms with E-state index in [-0.39, 0.29) is 0 Å². The number of rotatable bonds is 11. The number of nitrogens with zero attached hydrogens (tertiary/aromatic N) is 2. The summed E-state index contributed by atoms with van der Waals surface area (Å²) >= 11 is 0. The Hall–Kier alpha value is -10.0. The molecule has 2 aromatic heterocycles. The number of hydrogen-bond donors (Lipinski definition) is 0. The summed E-state index contributed by atoms with van der Waals surface area (Å²) in [5.41, 5.74) is 26.6. The van der Waals surface area contributed by atoms with E-state index in [9.17, 15) is 0 Å². The average molecular weight is 1100 g/mol. The van der Waals surface area contributed by atoms with Crippen molar-refractivity contribution in [3.05, 3.63) is 331 Å². The van der Waals surface area contributed by atoms with Gasteiger partial charge in [-0.15, -0.1) is 0 Å². The van der Waals surface area contributed by atoms with Crippen LogP contribution in [0.5, 0.6) is 0 Å². The Kier molecular flexibility index (Phi) is 13.3. The lowest BCUT2D eigenvalue weighted by atomic mass is 9.72. The first-order valence-corrected chi connectivity index (χ1v) is 31.0. The molecule has 0 bridgehead atoms. The van der Waals surface area contributed by atoms with E-state index >= 15 is 0 Å². The molecular weight excluding hydrogens is 1040 g/mol. The highest BCUT2D eigenvalue weighted by molar-refractivity contribution is 6.10. The summed E-state index contributed by atoms with van der Waals surface area (Å²) in [7, 11) is 0. The van der Waals surface area contributed by atoms with Crippen LogP contribution in [0.15, 0.2) is 320 Å². The van der Waals surface area contributed by atoms with Gasteiger partial charge in [-0.3, -0.25) is 0 Å². The van der Waals surface area contributed by atoms with Crippen LogP contribution in [0, 0.1) is 23.7 Å². The van der Waals surface area contributed by atoms with Gasteiger partial charge >= 0.3 is 0 Å². The largest absolute Gasteiger partial charge is 0.310 e. The minimum absolute atomic E-state index is 0.422. The van der Waals surface area contributed by atoms with Gasteiger partial charge in [-0.25, -0.2) is 0 Å². The van der Waals surface area contributed by atoms with Gasteiger partial charge < -0.3 is 9.13 Å². The predicted octanol–water partition coefficient (Wildman–Crippen LogP) is 22.0. The fourth-order valence-corrected chi connectivity index (χ4v) is 14.6. The number of benzene rings is 9. The van der Waals surface area contributed by atoms with Gasteiger partial charge in [-0.2, -0.15) is 0 Å². The van der Waals surface area contributed by atoms with E-state index in [1.165, 1.54) is 128 Å². The van der Waals surface area contributed by atoms with Crippen molar-refractivity contribution >= 4 is 38.8 Å². The Labute approximate surface area is 505 Å². The van der Waals surface area contributed by atoms with Gasteiger partial charge in [0.2, 0.25) is 0 Å². The normalized spacial score (nSPS) is 18.9. The lowest BCUT2D eigenvalue weighted by Gasteiger charge is -2.32. The number of aromatic nitrogens is 2. The van der Waals surface area contributed by atoms with Crippen molar-refractivity contribution in [3.63, 3.8) is 0 Å². The van der Waals surface area contributed by atoms with Gasteiger partial charge in [0.1, 0.15) is 0 Å². The van der Waals surface area contributed by atoms with Crippen LogP contribution in [0.2, 0.25) is 0 Å². The fourth-order valence-electron chi connectivity index (χ4n) is 14.6. The second-order valence-corrected chi connectivity index (χ2v) is 24.2. The quantitative estimate of drug-likeness (QED) is 0.122. The average Bonchev–Trinajstić information content (AvgIpc) is 1.92. The predicted molar refractivity (Wildman–Crippen MR) is 363 cm³/mol. The maximum atomic E-state index is 2.58. The Bertz CT molecular complexity index is 4670. The fraction of sp³-hybridized carbons (Fsp3) is 0.119. The monoisotopic (exact) mass is 1100 g/mol. The van der Waals surface area contributed by atoms with Gasteiger partial charge in [0.25, 0.3) is 0 Å². The zero-order valence-electron chi connectivity index (χ0n) is 48.3. The first-order valence-electron chi connectivity index (χ1n) is 31.0. The lowest BCUT2D eigenvalue weighted by Crippen LogP contribution is -2.21. The van der Waals surface area contributed by atoms with Crippen molar-refractivity contribution in [2.75, 3.05) is 0 Å². The van der Waals surface area contributed by atoms with E-state index < -0.39 is 0 Å². The van der Waals surface area contributed by atoms with Crippen molar-refractivity contribution < 1.29 is 0 Å². The summed E-state index contributed by atoms with van der Waals surface area (Å²) in [4.78, 5) is 0. The summed E-state index contributed by atoms with van der Waals surface area (Å²) < 4.78 is 4.92. The molecule has 5 aliphatic rings. The first-order chi connectivity index (χ1) is 42.6. The summed E-state index contributed by atoms with van der Waals surface area (Å²) in [6, 6.07) is 80.7. The molecule has 0 saturated carbocycles. The number of fused-ring (bicyclic) bond motifs is 6. The van der Waals surface area contributed by atoms with Crippen LogP contribution in [-0.2, 0) is 6.42 Å². The summed E-state index contributed by atoms with van der Waals surface area (Å²) in [5, 5.41) is 3.85. The Morgan fingerprint density at radius 1 is 0.337 bits per heavy atom. The van der Waals surface area contributed by atoms with E-state index in [2.05, 4.69) is 313 Å². The summed E-state index contributed by atoms with van der Waals surface area (Å²) in [6.45, 7) is 0. The minimum Gasteiger partial charge on any atom is -0.310 e. The smallest absolute Gasteiger partial charge is 0.0541 e. The molecule has 9 aromatic carbocycles. The third-order valence-electron chi connectivity index (χ3n) is 19.0. The molecule has 2 nitrogen and oxygen atoms in total. The molecule has 0 fully saturated rings. The number of allylic oxidation sites excluding steroid dienone is 17. The van der Waals surface area contributed by atoms with Crippen LogP contribution in [0.4, 0.5) is 0 Å². The first kappa shape index (κ1) is 51.6. The van der Waals surface area contributed by atoms with Crippen molar-refractivity contribution in [1.82, 2.24) is 9.13 Å². The van der Waals surface area contributed by atoms with E-state index in [1.54, 1.807) is 0 Å². The van der Waals surface area contributed by atoms with E-state index in [4.69, 9.17) is 0 Å². The Morgan fingerprint density at radius 3 is 1.59 bits per heavy atom. The lowest BCUT2D eigenvalue weighted by molar-refractivity contribution is 0.448. The van der Waals surface area contributed by atoms with Gasteiger partial charge in [0.15, 0.2) is 0 Å². The van der Waals surface area contributed by atoms with Crippen LogP contribution in [0.25, 0.3) is 106 Å². The SMILES string of the molecule is C1=CCC(C2C=C(C3=CCCC=C3)C=C(C3=CC=CC(C4C=Cc5c(c6ccccc6n5-c5ccc(-c6ccc(-n7c8ccccc8c8cc(-c9cccc(-c%10cc(-c%11ccccc%11)cc(-c%11ccccc%11)c%10)c9)ccc87)cc6)cc5)C4)C3)C2)C=C1. The number of para-hydroxylation sites is 2. The molecule has 0 N–H and O–H groups in total. The van der Waals surface area contributed by atoms with Crippen molar-refractivity contribution in [3.8, 4) is 67.0 Å². The van der Waals surface area contributed by atoms with Crippen LogP contribution in [0.1, 0.15) is 43.4 Å². The van der Waals surface area contributed by atoms with Crippen molar-refractivity contribution in [1.29, 1.82) is 0 Å². The molecule has 412 valence electrons. The molecule has 4 unspecified atom stereocenters. The van der Waals surface area contributed by atoms with Crippen LogP contribution >= 0.6 is 0 Å². The van der Waals surface area contributed by atoms with Crippen LogP contribution in [0.3, 0.4) is 0 Å². The van der Waals surface area contributed by atoms with Gasteiger partial charge in [-0.1, -0.05) is 225 Å². The highest BCUT2D eigenvalue weighted by Gasteiger charge is 2.31. The molecule has 5 aliphatic carbocycles. The molecule has 2 heteroatoms. The molecule has 0 aliphatic heterocycles. The zero-order chi connectivity index (χ0) is 56.9. The highest BCUT2D eigenvalue weighted by atomic mass is 15.0. The van der Waals surface area contributed by atoms with Gasteiger partial charge in [-0.05, 0) is 225 Å². The standard InChI is InChI=1S/C84H66N2/c1-5-19-57(20-6-1)69-49-70(58-21-7-2-8-22-58)52-73(51-69)65-29-17-27-63(47-65)67-39-45-83-79(55-67)77-31-13-15-33-81(77)85(83)75-41-35-61(36-42-75)62-37-43-76(44-38-62)86-82-34-16-14-32-78(82)80-56-68(40-46-84(80)86)64-28-18-30-66(48-64)74-53-71(59-23-9-3-10-24-59)50-72(54-74)60-25-11-4-12-26-60/h1-3,5-11,13-23,25-47,49-52,54-55,59,64,68,71H,4,12,24,48,53,56H2.